The molecular formula is C25H46F2O3SSi. The van der Waals surface area contributed by atoms with Gasteiger partial charge in [0.2, 0.25) is 9.84 Å². The second kappa shape index (κ2) is 9.77. The Balaban J connectivity index is 2.14. The summed E-state index contributed by atoms with van der Waals surface area (Å²) in [5.41, 5.74) is 1.21. The van der Waals surface area contributed by atoms with E-state index in [4.69, 9.17) is 4.43 Å². The van der Waals surface area contributed by atoms with Crippen LogP contribution in [0.25, 0.3) is 0 Å². The Morgan fingerprint density at radius 1 is 1.19 bits per heavy atom. The first-order chi connectivity index (χ1) is 14.6. The molecule has 2 rings (SSSR count). The predicted molar refractivity (Wildman–Crippen MR) is 132 cm³/mol. The zero-order valence-electron chi connectivity index (χ0n) is 21.6. The van der Waals surface area contributed by atoms with Crippen LogP contribution in [0.4, 0.5) is 8.78 Å². The van der Waals surface area contributed by atoms with Gasteiger partial charge < -0.3 is 4.43 Å². The zero-order valence-corrected chi connectivity index (χ0v) is 23.4. The molecule has 0 radical (unpaired) electrons. The van der Waals surface area contributed by atoms with Crippen LogP contribution in [0.3, 0.4) is 0 Å². The molecule has 0 bridgehead atoms. The molecule has 188 valence electrons. The van der Waals surface area contributed by atoms with Crippen LogP contribution < -0.4 is 0 Å². The second-order valence-electron chi connectivity index (χ2n) is 11.4. The smallest absolute Gasteiger partial charge is 0.346 e. The van der Waals surface area contributed by atoms with Crippen molar-refractivity contribution in [3.63, 3.8) is 0 Å². The average molecular weight is 493 g/mol. The van der Waals surface area contributed by atoms with Gasteiger partial charge in [-0.25, -0.2) is 8.42 Å². The van der Waals surface area contributed by atoms with Crippen molar-refractivity contribution >= 4 is 18.2 Å². The van der Waals surface area contributed by atoms with E-state index in [1.165, 1.54) is 26.3 Å². The maximum Gasteiger partial charge on any atom is 0.346 e. The summed E-state index contributed by atoms with van der Waals surface area (Å²) >= 11 is 0. The minimum absolute atomic E-state index is 0.0319. The van der Waals surface area contributed by atoms with Gasteiger partial charge in [0.15, 0.2) is 8.32 Å². The molecule has 0 N–H and O–H groups in total. The molecule has 32 heavy (non-hydrogen) atoms. The monoisotopic (exact) mass is 492 g/mol. The lowest BCUT2D eigenvalue weighted by atomic mass is 9.63. The molecule has 0 saturated heterocycles. The Bertz CT molecular complexity index is 775. The van der Waals surface area contributed by atoms with Gasteiger partial charge in [0.05, 0.1) is 4.75 Å². The van der Waals surface area contributed by atoms with E-state index in [9.17, 15) is 17.2 Å². The van der Waals surface area contributed by atoms with Crippen molar-refractivity contribution in [2.24, 2.45) is 17.3 Å². The summed E-state index contributed by atoms with van der Waals surface area (Å²) in [6, 6.07) is 3.40. The van der Waals surface area contributed by atoms with Crippen LogP contribution in [0.2, 0.25) is 18.1 Å². The van der Waals surface area contributed by atoms with Crippen LogP contribution in [-0.4, -0.2) is 32.8 Å². The highest BCUT2D eigenvalue weighted by molar-refractivity contribution is 7.93. The predicted octanol–water partition coefficient (Wildman–Crippen LogP) is 7.74. The molecule has 1 saturated carbocycles. The third-order valence-corrected chi connectivity index (χ3v) is 15.9. The normalized spacial score (nSPS) is 28.4. The maximum atomic E-state index is 14.7. The number of hydrogen-bond acceptors (Lipinski definition) is 3. The third-order valence-electron chi connectivity index (χ3n) is 8.64. The highest BCUT2D eigenvalue weighted by atomic mass is 32.2. The van der Waals surface area contributed by atoms with E-state index in [2.05, 4.69) is 33.8 Å². The van der Waals surface area contributed by atoms with Crippen LogP contribution in [0.5, 0.6) is 0 Å². The van der Waals surface area contributed by atoms with E-state index >= 15 is 0 Å². The summed E-state index contributed by atoms with van der Waals surface area (Å²) < 4.78 is 59.7. The van der Waals surface area contributed by atoms with Gasteiger partial charge in [-0.2, -0.15) is 8.78 Å². The van der Waals surface area contributed by atoms with Crippen LogP contribution >= 0.6 is 0 Å². The number of rotatable bonds is 10. The van der Waals surface area contributed by atoms with Crippen molar-refractivity contribution in [3.05, 3.63) is 11.6 Å². The minimum Gasteiger partial charge on any atom is -0.414 e. The van der Waals surface area contributed by atoms with Gasteiger partial charge in [-0.05, 0) is 81.8 Å². The van der Waals surface area contributed by atoms with E-state index in [-0.39, 0.29) is 23.9 Å². The van der Waals surface area contributed by atoms with E-state index in [0.29, 0.717) is 5.92 Å². The number of sulfone groups is 1. The van der Waals surface area contributed by atoms with Crippen molar-refractivity contribution in [2.75, 3.05) is 0 Å². The number of alkyl halides is 2. The zero-order chi connectivity index (χ0) is 24.6. The third kappa shape index (κ3) is 5.05. The quantitative estimate of drug-likeness (QED) is 0.231. The molecule has 0 spiro atoms. The molecule has 2 aliphatic carbocycles. The first-order valence-electron chi connectivity index (χ1n) is 12.6. The molecule has 0 aromatic heterocycles. The molecule has 2 aliphatic rings. The van der Waals surface area contributed by atoms with Crippen molar-refractivity contribution in [2.45, 2.75) is 128 Å². The first kappa shape index (κ1) is 28.0. The lowest BCUT2D eigenvalue weighted by Crippen LogP contribution is -2.48. The Labute approximate surface area is 196 Å². The van der Waals surface area contributed by atoms with E-state index in [1.54, 1.807) is 0 Å². The Morgan fingerprint density at radius 2 is 1.75 bits per heavy atom. The minimum atomic E-state index is -4.54. The molecule has 0 heterocycles. The molecule has 4 atom stereocenters. The van der Waals surface area contributed by atoms with Crippen LogP contribution in [-0.2, 0) is 14.3 Å². The molecule has 0 aromatic rings. The summed E-state index contributed by atoms with van der Waals surface area (Å²) in [4.78, 5) is 0. The molecule has 0 aliphatic heterocycles. The van der Waals surface area contributed by atoms with Gasteiger partial charge in [-0.1, -0.05) is 52.7 Å². The van der Waals surface area contributed by atoms with E-state index < -0.39 is 34.6 Å². The fraction of sp³-hybridized carbons (Fsp3) is 0.920. The Hall–Kier alpha value is -0.273. The number of fused-ring (bicyclic) bond motifs is 1. The Morgan fingerprint density at radius 3 is 2.25 bits per heavy atom. The molecule has 0 aromatic carbocycles. The van der Waals surface area contributed by atoms with Crippen LogP contribution in [0.1, 0.15) is 93.9 Å². The summed E-state index contributed by atoms with van der Waals surface area (Å²) in [6.07, 6.45) is 6.26. The van der Waals surface area contributed by atoms with Gasteiger partial charge in [0, 0.05) is 12.5 Å². The van der Waals surface area contributed by atoms with Gasteiger partial charge in [-0.15, -0.1) is 0 Å². The maximum absolute atomic E-state index is 14.7. The number of hydrogen-bond donors (Lipinski definition) is 0. The molecule has 1 fully saturated rings. The lowest BCUT2D eigenvalue weighted by Gasteiger charge is -2.48. The first-order valence-corrected chi connectivity index (χ1v) is 16.6. The van der Waals surface area contributed by atoms with Crippen molar-refractivity contribution in [3.8, 4) is 0 Å². The fourth-order valence-corrected chi connectivity index (χ4v) is 10.3. The average Bonchev–Trinajstić information content (AvgIpc) is 3.07. The van der Waals surface area contributed by atoms with Gasteiger partial charge >= 0.3 is 5.25 Å². The van der Waals surface area contributed by atoms with Crippen molar-refractivity contribution in [1.82, 2.24) is 0 Å². The van der Waals surface area contributed by atoms with Gasteiger partial charge in [0.1, 0.15) is 0 Å². The van der Waals surface area contributed by atoms with Crippen LogP contribution in [0.15, 0.2) is 11.6 Å². The molecule has 0 amide bonds. The van der Waals surface area contributed by atoms with Crippen molar-refractivity contribution in [1.29, 1.82) is 0 Å². The van der Waals surface area contributed by atoms with E-state index in [0.717, 1.165) is 43.8 Å². The fourth-order valence-electron chi connectivity index (χ4n) is 6.07. The lowest BCUT2D eigenvalue weighted by molar-refractivity contribution is 0.0162. The summed E-state index contributed by atoms with van der Waals surface area (Å²) in [5, 5.41) is -3.70. The summed E-state index contributed by atoms with van der Waals surface area (Å²) in [5.74, 6) is 0.347. The second-order valence-corrected chi connectivity index (χ2v) is 19.0. The number of halogens is 2. The molecule has 0 unspecified atom stereocenters. The standard InChI is InChI=1S/C25H46F2O3SSi/c1-9-32(10-2,11-3)30-22-13-12-17-24(8)20(14-15-21(22)24)19(4)16-18-25(26,27)31(28,29)23(5,6)7/h14,19,21-22H,9-13,15-18H2,1-8H3/t19-,21+,22+,24-/m1/s1. The SMILES string of the molecule is CC[Si](CC)(CC)O[C@H]1CCC[C@]2(C)C([C@H](C)CCC(F)(F)S(=O)(=O)C(C)(C)C)=CC[C@@H]12. The Kier molecular flexibility index (Phi) is 8.54. The van der Waals surface area contributed by atoms with E-state index in [1.807, 2.05) is 6.92 Å². The summed E-state index contributed by atoms with van der Waals surface area (Å²) in [7, 11) is -6.25. The summed E-state index contributed by atoms with van der Waals surface area (Å²) in [6.45, 7) is 15.1. The highest BCUT2D eigenvalue weighted by Crippen LogP contribution is 2.56. The molecule has 3 nitrogen and oxygen atoms in total. The largest absolute Gasteiger partial charge is 0.414 e. The highest BCUT2D eigenvalue weighted by Gasteiger charge is 2.53. The van der Waals surface area contributed by atoms with Crippen LogP contribution in [0, 0.1) is 17.3 Å². The molecule has 7 heteroatoms. The van der Waals surface area contributed by atoms with Crippen molar-refractivity contribution < 1.29 is 21.6 Å². The topological polar surface area (TPSA) is 43.4 Å². The number of allylic oxidation sites excluding steroid dienone is 2. The van der Waals surface area contributed by atoms with Gasteiger partial charge in [-0.3, -0.25) is 0 Å². The molecular weight excluding hydrogens is 446 g/mol. The van der Waals surface area contributed by atoms with Gasteiger partial charge in [0.25, 0.3) is 0 Å².